The van der Waals surface area contributed by atoms with Crippen molar-refractivity contribution in [2.75, 3.05) is 47.8 Å². The first-order valence-corrected chi connectivity index (χ1v) is 8.84. The Labute approximate surface area is 117 Å². The van der Waals surface area contributed by atoms with Gasteiger partial charge in [0.25, 0.3) is 0 Å². The summed E-state index contributed by atoms with van der Waals surface area (Å²) < 4.78 is 26.9. The first-order chi connectivity index (χ1) is 9.10. The Morgan fingerprint density at radius 2 is 1.58 bits per heavy atom. The van der Waals surface area contributed by atoms with E-state index in [9.17, 15) is 0 Å². The van der Waals surface area contributed by atoms with Crippen LogP contribution in [0.5, 0.6) is 0 Å². The predicted molar refractivity (Wildman–Crippen MR) is 75.2 cm³/mol. The molecule has 1 rings (SSSR count). The van der Waals surface area contributed by atoms with E-state index in [4.69, 9.17) is 22.8 Å². The van der Waals surface area contributed by atoms with E-state index in [2.05, 4.69) is 6.92 Å². The predicted octanol–water partition coefficient (Wildman–Crippen LogP) is 2.09. The lowest BCUT2D eigenvalue weighted by Crippen LogP contribution is -2.42. The van der Waals surface area contributed by atoms with Crippen LogP contribution in [-0.4, -0.2) is 56.6 Å². The van der Waals surface area contributed by atoms with Crippen LogP contribution in [0.4, 0.5) is 0 Å². The molecule has 5 nitrogen and oxygen atoms in total. The minimum atomic E-state index is -2.41. The van der Waals surface area contributed by atoms with Crippen LogP contribution < -0.4 is 0 Å². The smallest absolute Gasteiger partial charge is 0.381 e. The average Bonchev–Trinajstić information content (AvgIpc) is 2.41. The first-order valence-electron chi connectivity index (χ1n) is 6.91. The number of ether oxygens (including phenoxy) is 2. The molecule has 0 aliphatic carbocycles. The van der Waals surface area contributed by atoms with Crippen LogP contribution in [0.25, 0.3) is 0 Å². The van der Waals surface area contributed by atoms with Crippen molar-refractivity contribution >= 4 is 8.80 Å². The van der Waals surface area contributed by atoms with Gasteiger partial charge in [-0.05, 0) is 19.3 Å². The Hall–Kier alpha value is 0.0169. The first kappa shape index (κ1) is 17.1. The van der Waals surface area contributed by atoms with Crippen molar-refractivity contribution in [3.05, 3.63) is 0 Å². The van der Waals surface area contributed by atoms with Gasteiger partial charge in [-0.1, -0.05) is 6.92 Å². The van der Waals surface area contributed by atoms with E-state index in [0.29, 0.717) is 5.41 Å². The van der Waals surface area contributed by atoms with Gasteiger partial charge in [-0.15, -0.1) is 0 Å². The Bertz CT molecular complexity index is 233. The zero-order chi connectivity index (χ0) is 14.2. The van der Waals surface area contributed by atoms with E-state index in [1.54, 1.807) is 21.3 Å². The number of rotatable bonds is 11. The molecule has 0 aromatic heterocycles. The monoisotopic (exact) mass is 292 g/mol. The minimum absolute atomic E-state index is 0.396. The Balaban J connectivity index is 1.98. The fourth-order valence-corrected chi connectivity index (χ4v) is 3.93. The molecule has 0 aromatic carbocycles. The third-order valence-corrected chi connectivity index (χ3v) is 6.51. The maximum atomic E-state index is 5.64. The third kappa shape index (κ3) is 5.49. The van der Waals surface area contributed by atoms with Crippen molar-refractivity contribution in [2.45, 2.75) is 32.2 Å². The van der Waals surface area contributed by atoms with Crippen molar-refractivity contribution in [3.63, 3.8) is 0 Å². The molecule has 1 aliphatic rings. The van der Waals surface area contributed by atoms with Gasteiger partial charge in [0.2, 0.25) is 0 Å². The molecular weight excluding hydrogens is 264 g/mol. The fourth-order valence-electron chi connectivity index (χ4n) is 2.24. The molecule has 0 unspecified atom stereocenters. The normalized spacial score (nSPS) is 18.3. The van der Waals surface area contributed by atoms with Crippen molar-refractivity contribution in [3.8, 4) is 0 Å². The summed E-state index contributed by atoms with van der Waals surface area (Å²) in [5, 5.41) is 0. The maximum Gasteiger partial charge on any atom is 0.500 e. The van der Waals surface area contributed by atoms with E-state index in [0.717, 1.165) is 45.3 Å². The SMILES string of the molecule is CO[Si](CCCOCCCC1(C)COC1)(OC)OC. The highest BCUT2D eigenvalue weighted by atomic mass is 28.4. The van der Waals surface area contributed by atoms with Crippen LogP contribution >= 0.6 is 0 Å². The van der Waals surface area contributed by atoms with Crippen molar-refractivity contribution < 1.29 is 22.8 Å². The highest BCUT2D eigenvalue weighted by Gasteiger charge is 2.36. The van der Waals surface area contributed by atoms with Crippen molar-refractivity contribution in [1.82, 2.24) is 0 Å². The summed E-state index contributed by atoms with van der Waals surface area (Å²) in [7, 11) is 2.51. The van der Waals surface area contributed by atoms with Crippen molar-refractivity contribution in [2.24, 2.45) is 5.41 Å². The zero-order valence-electron chi connectivity index (χ0n) is 12.7. The number of hydrogen-bond acceptors (Lipinski definition) is 5. The summed E-state index contributed by atoms with van der Waals surface area (Å²) in [5.41, 5.74) is 0.396. The summed E-state index contributed by atoms with van der Waals surface area (Å²) >= 11 is 0. The molecule has 0 spiro atoms. The molecule has 114 valence electrons. The van der Waals surface area contributed by atoms with Crippen LogP contribution in [0.3, 0.4) is 0 Å². The molecule has 0 aromatic rings. The van der Waals surface area contributed by atoms with Crippen LogP contribution in [0.15, 0.2) is 0 Å². The molecule has 1 aliphatic heterocycles. The molecule has 6 heteroatoms. The molecular formula is C13H28O5Si. The largest absolute Gasteiger partial charge is 0.500 e. The number of hydrogen-bond donors (Lipinski definition) is 0. The molecule has 19 heavy (non-hydrogen) atoms. The lowest BCUT2D eigenvalue weighted by Gasteiger charge is -2.38. The van der Waals surface area contributed by atoms with Crippen molar-refractivity contribution in [1.29, 1.82) is 0 Å². The topological polar surface area (TPSA) is 46.2 Å². The van der Waals surface area contributed by atoms with Gasteiger partial charge in [-0.3, -0.25) is 0 Å². The van der Waals surface area contributed by atoms with Gasteiger partial charge in [0.05, 0.1) is 13.2 Å². The molecule has 0 radical (unpaired) electrons. The Kier molecular flexibility index (Phi) is 7.49. The highest BCUT2D eigenvalue weighted by molar-refractivity contribution is 6.60. The van der Waals surface area contributed by atoms with Gasteiger partial charge in [-0.2, -0.15) is 0 Å². The second-order valence-corrected chi connectivity index (χ2v) is 8.51. The Morgan fingerprint density at radius 3 is 2.05 bits per heavy atom. The summed E-state index contributed by atoms with van der Waals surface area (Å²) in [6.45, 7) is 5.62. The van der Waals surface area contributed by atoms with Crippen LogP contribution in [0.1, 0.15) is 26.2 Å². The fraction of sp³-hybridized carbons (Fsp3) is 1.00. The van der Waals surface area contributed by atoms with Crippen LogP contribution in [-0.2, 0) is 22.8 Å². The second kappa shape index (κ2) is 8.34. The van der Waals surface area contributed by atoms with E-state index in [1.165, 1.54) is 6.42 Å². The molecule has 1 heterocycles. The molecule has 0 N–H and O–H groups in total. The molecule has 0 atom stereocenters. The zero-order valence-corrected chi connectivity index (χ0v) is 13.7. The molecule has 1 saturated heterocycles. The van der Waals surface area contributed by atoms with E-state index in [1.807, 2.05) is 0 Å². The van der Waals surface area contributed by atoms with Gasteiger partial charge in [0.1, 0.15) is 0 Å². The quantitative estimate of drug-likeness (QED) is 0.431. The highest BCUT2D eigenvalue weighted by Crippen LogP contribution is 2.31. The summed E-state index contributed by atoms with van der Waals surface area (Å²) in [5.74, 6) is 0. The van der Waals surface area contributed by atoms with Gasteiger partial charge >= 0.3 is 8.80 Å². The second-order valence-electron chi connectivity index (χ2n) is 5.42. The Morgan fingerprint density at radius 1 is 1.00 bits per heavy atom. The standard InChI is InChI=1S/C13H28O5Si/c1-13(11-18-12-13)7-5-8-17-9-6-10-19(14-2,15-3)16-4/h5-12H2,1-4H3. The lowest BCUT2D eigenvalue weighted by atomic mass is 9.84. The van der Waals surface area contributed by atoms with E-state index >= 15 is 0 Å². The maximum absolute atomic E-state index is 5.64. The van der Waals surface area contributed by atoms with E-state index < -0.39 is 8.80 Å². The van der Waals surface area contributed by atoms with E-state index in [-0.39, 0.29) is 0 Å². The van der Waals surface area contributed by atoms with Crippen LogP contribution in [0, 0.1) is 5.41 Å². The molecule has 1 fully saturated rings. The van der Waals surface area contributed by atoms with Gasteiger partial charge in [0, 0.05) is 46.0 Å². The van der Waals surface area contributed by atoms with Crippen LogP contribution in [0.2, 0.25) is 6.04 Å². The summed E-state index contributed by atoms with van der Waals surface area (Å²) in [4.78, 5) is 0. The van der Waals surface area contributed by atoms with Gasteiger partial charge in [-0.25, -0.2) is 0 Å². The van der Waals surface area contributed by atoms with Gasteiger partial charge < -0.3 is 22.8 Å². The summed E-state index contributed by atoms with van der Waals surface area (Å²) in [6, 6.07) is 0.794. The average molecular weight is 292 g/mol. The lowest BCUT2D eigenvalue weighted by molar-refractivity contribution is -0.108. The third-order valence-electron chi connectivity index (χ3n) is 3.67. The molecule has 0 saturated carbocycles. The molecule has 0 bridgehead atoms. The molecule has 0 amide bonds. The van der Waals surface area contributed by atoms with Gasteiger partial charge in [0.15, 0.2) is 0 Å². The summed E-state index contributed by atoms with van der Waals surface area (Å²) in [6.07, 6.45) is 3.18. The minimum Gasteiger partial charge on any atom is -0.381 e.